The number of unbranched alkanes of at least 4 members (excludes halogenated alkanes) is 3. The molecule has 2 amide bonds. The number of nitrogens with one attached hydrogen (secondary N) is 1. The molecule has 1 aliphatic carbocycles. The van der Waals surface area contributed by atoms with E-state index in [0.29, 0.717) is 19.6 Å². The number of hydrogen-bond acceptors (Lipinski definition) is 4. The van der Waals surface area contributed by atoms with Crippen molar-refractivity contribution in [1.29, 1.82) is 0 Å². The molecule has 0 unspecified atom stereocenters. The Kier molecular flexibility index (Phi) is 9.48. The molecule has 168 valence electrons. The minimum atomic E-state index is -0.122. The summed E-state index contributed by atoms with van der Waals surface area (Å²) in [5, 5.41) is 3.03. The Labute approximate surface area is 185 Å². The predicted molar refractivity (Wildman–Crippen MR) is 124 cm³/mol. The lowest BCUT2D eigenvalue weighted by Gasteiger charge is -2.36. The Morgan fingerprint density at radius 3 is 2.45 bits per heavy atom. The number of anilines is 1. The highest BCUT2D eigenvalue weighted by molar-refractivity contribution is 5.74. The summed E-state index contributed by atoms with van der Waals surface area (Å²) in [6.45, 7) is 4.29. The second-order valence-corrected chi connectivity index (χ2v) is 8.13. The lowest BCUT2D eigenvalue weighted by atomic mass is 10.1. The normalized spacial score (nSPS) is 16.1. The first-order valence-electron chi connectivity index (χ1n) is 11.6. The average Bonchev–Trinajstić information content (AvgIpc) is 2.83. The molecule has 31 heavy (non-hydrogen) atoms. The Bertz CT molecular complexity index is 753. The van der Waals surface area contributed by atoms with Gasteiger partial charge >= 0.3 is 12.0 Å². The quantitative estimate of drug-likeness (QED) is 0.449. The van der Waals surface area contributed by atoms with Crippen molar-refractivity contribution in [3.63, 3.8) is 0 Å². The molecule has 1 aromatic carbocycles. The Morgan fingerprint density at radius 1 is 0.935 bits per heavy atom. The van der Waals surface area contributed by atoms with E-state index in [1.54, 1.807) is 0 Å². The molecular formula is C25H35N3O3. The van der Waals surface area contributed by atoms with Gasteiger partial charge < -0.3 is 19.9 Å². The fourth-order valence-corrected chi connectivity index (χ4v) is 3.87. The van der Waals surface area contributed by atoms with Crippen LogP contribution in [0.1, 0.15) is 44.9 Å². The molecule has 0 radical (unpaired) electrons. The molecule has 6 nitrogen and oxygen atoms in total. The zero-order valence-corrected chi connectivity index (χ0v) is 18.4. The van der Waals surface area contributed by atoms with Crippen LogP contribution in [0.2, 0.25) is 0 Å². The molecule has 1 N–H and O–H groups in total. The molecule has 1 saturated heterocycles. The van der Waals surface area contributed by atoms with E-state index in [1.165, 1.54) is 5.69 Å². The minimum absolute atomic E-state index is 0.0300. The van der Waals surface area contributed by atoms with Gasteiger partial charge in [-0.1, -0.05) is 49.3 Å². The zero-order chi connectivity index (χ0) is 21.7. The molecule has 3 rings (SSSR count). The number of allylic oxidation sites excluding steroid dienone is 2. The maximum absolute atomic E-state index is 12.3. The van der Waals surface area contributed by atoms with E-state index >= 15 is 0 Å². The molecule has 0 bridgehead atoms. The summed E-state index contributed by atoms with van der Waals surface area (Å²) >= 11 is 0. The first-order chi connectivity index (χ1) is 15.2. The highest BCUT2D eigenvalue weighted by atomic mass is 16.5. The standard InChI is InChI=1S/C25H35N3O3/c29-24(31-21-22-11-5-3-6-12-22)15-9-1-2-10-16-26-25(30)28-19-17-27(18-20-28)23-13-7-4-8-14-23/h4-5,7-8,11-14H,1-3,6,9-10,15-21H2,(H,26,30). The number of ether oxygens (including phenoxy) is 1. The topological polar surface area (TPSA) is 61.9 Å². The van der Waals surface area contributed by atoms with Gasteiger partial charge in [-0.15, -0.1) is 0 Å². The highest BCUT2D eigenvalue weighted by Crippen LogP contribution is 2.15. The van der Waals surface area contributed by atoms with Crippen LogP contribution >= 0.6 is 0 Å². The van der Waals surface area contributed by atoms with Gasteiger partial charge in [0.15, 0.2) is 0 Å². The number of hydrogen-bond donors (Lipinski definition) is 1. The van der Waals surface area contributed by atoms with Crippen LogP contribution in [0.4, 0.5) is 10.5 Å². The van der Waals surface area contributed by atoms with Crippen LogP contribution in [-0.4, -0.2) is 56.2 Å². The molecule has 2 aliphatic rings. The van der Waals surface area contributed by atoms with Crippen molar-refractivity contribution in [2.75, 3.05) is 44.2 Å². The van der Waals surface area contributed by atoms with Crippen LogP contribution in [0.3, 0.4) is 0 Å². The lowest BCUT2D eigenvalue weighted by Crippen LogP contribution is -2.52. The number of para-hydroxylation sites is 1. The van der Waals surface area contributed by atoms with E-state index in [0.717, 1.165) is 70.3 Å². The molecule has 1 aliphatic heterocycles. The van der Waals surface area contributed by atoms with Gasteiger partial charge in [0.2, 0.25) is 0 Å². The molecular weight excluding hydrogens is 390 g/mol. The molecule has 6 heteroatoms. The number of nitrogens with zero attached hydrogens (tertiary/aromatic N) is 2. The van der Waals surface area contributed by atoms with Crippen LogP contribution < -0.4 is 10.2 Å². The second-order valence-electron chi connectivity index (χ2n) is 8.13. The fraction of sp³-hybridized carbons (Fsp3) is 0.520. The summed E-state index contributed by atoms with van der Waals surface area (Å²) < 4.78 is 5.32. The second kappa shape index (κ2) is 12.8. The number of urea groups is 1. The van der Waals surface area contributed by atoms with Crippen molar-refractivity contribution < 1.29 is 14.3 Å². The van der Waals surface area contributed by atoms with Gasteiger partial charge in [0.25, 0.3) is 0 Å². The number of rotatable bonds is 10. The average molecular weight is 426 g/mol. The van der Waals surface area contributed by atoms with E-state index in [9.17, 15) is 9.59 Å². The van der Waals surface area contributed by atoms with Crippen molar-refractivity contribution in [3.8, 4) is 0 Å². The minimum Gasteiger partial charge on any atom is -0.461 e. The number of piperazine rings is 1. The van der Waals surface area contributed by atoms with Crippen molar-refractivity contribution in [3.05, 3.63) is 54.1 Å². The highest BCUT2D eigenvalue weighted by Gasteiger charge is 2.20. The molecule has 0 saturated carbocycles. The number of carbonyl (C=O) groups is 2. The number of amides is 2. The first kappa shape index (κ1) is 22.9. The largest absolute Gasteiger partial charge is 0.461 e. The molecule has 1 aromatic rings. The third-order valence-corrected chi connectivity index (χ3v) is 5.74. The number of benzene rings is 1. The maximum Gasteiger partial charge on any atom is 0.317 e. The van der Waals surface area contributed by atoms with E-state index < -0.39 is 0 Å². The Morgan fingerprint density at radius 2 is 1.71 bits per heavy atom. The van der Waals surface area contributed by atoms with E-state index in [4.69, 9.17) is 4.74 Å². The fourth-order valence-electron chi connectivity index (χ4n) is 3.87. The third-order valence-electron chi connectivity index (χ3n) is 5.74. The smallest absolute Gasteiger partial charge is 0.317 e. The van der Waals surface area contributed by atoms with E-state index in [-0.39, 0.29) is 12.0 Å². The van der Waals surface area contributed by atoms with Crippen molar-refractivity contribution >= 4 is 17.7 Å². The van der Waals surface area contributed by atoms with Crippen LogP contribution in [0.25, 0.3) is 0 Å². The van der Waals surface area contributed by atoms with Crippen LogP contribution in [0.15, 0.2) is 54.1 Å². The SMILES string of the molecule is O=C(CCCCCCNC(=O)N1CCN(c2ccccc2)CC1)OCC1=CCCC=C1. The summed E-state index contributed by atoms with van der Waals surface area (Å²) in [5.74, 6) is -0.122. The van der Waals surface area contributed by atoms with Crippen LogP contribution in [0, 0.1) is 0 Å². The van der Waals surface area contributed by atoms with Crippen molar-refractivity contribution in [1.82, 2.24) is 10.2 Å². The summed E-state index contributed by atoms with van der Waals surface area (Å²) in [6.07, 6.45) is 12.6. The molecule has 1 fully saturated rings. The van der Waals surface area contributed by atoms with Gasteiger partial charge in [-0.05, 0) is 43.4 Å². The summed E-state index contributed by atoms with van der Waals surface area (Å²) in [7, 11) is 0. The summed E-state index contributed by atoms with van der Waals surface area (Å²) in [6, 6.07) is 10.4. The maximum atomic E-state index is 12.3. The third kappa shape index (κ3) is 8.12. The van der Waals surface area contributed by atoms with Crippen LogP contribution in [0.5, 0.6) is 0 Å². The predicted octanol–water partition coefficient (Wildman–Crippen LogP) is 4.29. The summed E-state index contributed by atoms with van der Waals surface area (Å²) in [4.78, 5) is 28.4. The number of carbonyl (C=O) groups excluding carboxylic acids is 2. The van der Waals surface area contributed by atoms with E-state index in [2.05, 4.69) is 34.5 Å². The Hall–Kier alpha value is -2.76. The van der Waals surface area contributed by atoms with Gasteiger partial charge in [-0.2, -0.15) is 0 Å². The van der Waals surface area contributed by atoms with Gasteiger partial charge in [0.1, 0.15) is 6.61 Å². The van der Waals surface area contributed by atoms with E-state index in [1.807, 2.05) is 29.2 Å². The Balaban J connectivity index is 1.17. The van der Waals surface area contributed by atoms with Crippen molar-refractivity contribution in [2.45, 2.75) is 44.9 Å². The van der Waals surface area contributed by atoms with Gasteiger partial charge in [-0.25, -0.2) is 4.79 Å². The van der Waals surface area contributed by atoms with Gasteiger partial charge in [-0.3, -0.25) is 4.79 Å². The van der Waals surface area contributed by atoms with Gasteiger partial charge in [0, 0.05) is 44.8 Å². The van der Waals surface area contributed by atoms with Crippen molar-refractivity contribution in [2.24, 2.45) is 0 Å². The number of esters is 1. The molecule has 0 spiro atoms. The summed E-state index contributed by atoms with van der Waals surface area (Å²) in [5.41, 5.74) is 2.31. The molecule has 0 aromatic heterocycles. The first-order valence-corrected chi connectivity index (χ1v) is 11.6. The van der Waals surface area contributed by atoms with Gasteiger partial charge in [0.05, 0.1) is 0 Å². The molecule has 0 atom stereocenters. The monoisotopic (exact) mass is 425 g/mol. The lowest BCUT2D eigenvalue weighted by molar-refractivity contribution is -0.142. The molecule has 1 heterocycles. The zero-order valence-electron chi connectivity index (χ0n) is 18.4. The van der Waals surface area contributed by atoms with Crippen LogP contribution in [-0.2, 0) is 9.53 Å².